The van der Waals surface area contributed by atoms with Gasteiger partial charge in [0.2, 0.25) is 0 Å². The zero-order valence-corrected chi connectivity index (χ0v) is 9.44. The molecule has 0 amide bonds. The van der Waals surface area contributed by atoms with Gasteiger partial charge < -0.3 is 14.5 Å². The summed E-state index contributed by atoms with van der Waals surface area (Å²) >= 11 is 4.19. The highest BCUT2D eigenvalue weighted by Crippen LogP contribution is 2.25. The quantitative estimate of drug-likeness (QED) is 0.363. The number of hydrogen-bond acceptors (Lipinski definition) is 5. The van der Waals surface area contributed by atoms with Crippen molar-refractivity contribution in [2.75, 3.05) is 13.1 Å². The molecule has 1 rings (SSSR count). The predicted molar refractivity (Wildman–Crippen MR) is 60.1 cm³/mol. The standard InChI is InChI=1S/C7H13BNO3PS/c8-7-5-9(14)3-1-6(12-7)2-4-13(10)11/h2,4,6-7,10-11,14H,1,3,5H2/b4-2+. The van der Waals surface area contributed by atoms with Gasteiger partial charge in [-0.05, 0) is 12.2 Å². The molecule has 2 unspecified atom stereocenters. The summed E-state index contributed by atoms with van der Waals surface area (Å²) in [5.41, 5.74) is 0. The van der Waals surface area contributed by atoms with Gasteiger partial charge >= 0.3 is 0 Å². The molecule has 2 N–H and O–H groups in total. The van der Waals surface area contributed by atoms with E-state index in [0.717, 1.165) is 13.0 Å². The van der Waals surface area contributed by atoms with Crippen molar-refractivity contribution in [2.24, 2.45) is 0 Å². The molecule has 0 aromatic heterocycles. The molecule has 7 heteroatoms. The van der Waals surface area contributed by atoms with Gasteiger partial charge in [0.1, 0.15) is 7.85 Å². The summed E-state index contributed by atoms with van der Waals surface area (Å²) in [6.45, 7) is 1.33. The highest BCUT2D eigenvalue weighted by molar-refractivity contribution is 7.77. The van der Waals surface area contributed by atoms with Gasteiger partial charge in [0.25, 0.3) is 0 Å². The number of ether oxygens (including phenoxy) is 1. The third kappa shape index (κ3) is 4.78. The molecule has 1 saturated heterocycles. The molecule has 2 atom stereocenters. The fraction of sp³-hybridized carbons (Fsp3) is 0.714. The minimum Gasteiger partial charge on any atom is -0.379 e. The summed E-state index contributed by atoms with van der Waals surface area (Å²) in [4.78, 5) is 17.4. The van der Waals surface area contributed by atoms with Crippen LogP contribution in [0.4, 0.5) is 0 Å². The molecule has 1 fully saturated rings. The molecule has 0 aliphatic carbocycles. The maximum atomic E-state index is 8.69. The van der Waals surface area contributed by atoms with Crippen molar-refractivity contribution in [3.05, 3.63) is 11.9 Å². The summed E-state index contributed by atoms with van der Waals surface area (Å²) in [6, 6.07) is -0.381. The average Bonchev–Trinajstić information content (AvgIpc) is 2.23. The lowest BCUT2D eigenvalue weighted by Gasteiger charge is -2.16. The Hall–Kier alpha value is 0.425. The van der Waals surface area contributed by atoms with Crippen LogP contribution in [0, 0.1) is 0 Å². The first kappa shape index (κ1) is 12.5. The first-order chi connectivity index (χ1) is 6.58. The molecule has 1 heterocycles. The van der Waals surface area contributed by atoms with Crippen molar-refractivity contribution >= 4 is 29.0 Å². The summed E-state index contributed by atoms with van der Waals surface area (Å²) in [5.74, 6) is 1.33. The molecule has 1 aliphatic rings. The van der Waals surface area contributed by atoms with Crippen LogP contribution in [0.15, 0.2) is 11.9 Å². The molecule has 0 aromatic rings. The van der Waals surface area contributed by atoms with E-state index >= 15 is 0 Å². The van der Waals surface area contributed by atoms with Crippen LogP contribution in [0.25, 0.3) is 0 Å². The Bertz CT molecular complexity index is 207. The molecule has 0 bridgehead atoms. The predicted octanol–water partition coefficient (Wildman–Crippen LogP) is 0.227. The van der Waals surface area contributed by atoms with Crippen LogP contribution in [-0.4, -0.2) is 47.1 Å². The zero-order chi connectivity index (χ0) is 10.6. The minimum absolute atomic E-state index is 0.161. The van der Waals surface area contributed by atoms with E-state index < -0.39 is 8.38 Å². The van der Waals surface area contributed by atoms with E-state index in [9.17, 15) is 0 Å². The lowest BCUT2D eigenvalue weighted by Crippen LogP contribution is -2.25. The van der Waals surface area contributed by atoms with Gasteiger partial charge in [0, 0.05) is 19.1 Å². The molecule has 0 saturated carbocycles. The summed E-state index contributed by atoms with van der Waals surface area (Å²) in [5, 5.41) is 0. The van der Waals surface area contributed by atoms with Gasteiger partial charge in [-0.2, -0.15) is 0 Å². The van der Waals surface area contributed by atoms with Crippen molar-refractivity contribution in [2.45, 2.75) is 18.5 Å². The van der Waals surface area contributed by atoms with Crippen molar-refractivity contribution in [1.82, 2.24) is 4.31 Å². The van der Waals surface area contributed by atoms with Gasteiger partial charge in [-0.15, -0.1) is 0 Å². The van der Waals surface area contributed by atoms with Crippen LogP contribution in [-0.2, 0) is 4.74 Å². The molecular formula is C7H13BNO3PS. The number of thiol groups is 1. The summed E-state index contributed by atoms with van der Waals surface area (Å²) in [7, 11) is 3.66. The maximum absolute atomic E-state index is 8.69. The Morgan fingerprint density at radius 3 is 2.93 bits per heavy atom. The van der Waals surface area contributed by atoms with E-state index in [1.54, 1.807) is 10.4 Å². The molecule has 0 aromatic carbocycles. The number of hydrogen-bond donors (Lipinski definition) is 3. The van der Waals surface area contributed by atoms with Crippen molar-refractivity contribution in [3.63, 3.8) is 0 Å². The Morgan fingerprint density at radius 1 is 1.57 bits per heavy atom. The van der Waals surface area contributed by atoms with Crippen LogP contribution in [0.5, 0.6) is 0 Å². The molecule has 1 aliphatic heterocycles. The normalized spacial score (nSPS) is 31.1. The van der Waals surface area contributed by atoms with E-state index in [4.69, 9.17) is 22.4 Å². The Morgan fingerprint density at radius 2 is 2.29 bits per heavy atom. The fourth-order valence-corrected chi connectivity index (χ4v) is 1.85. The van der Waals surface area contributed by atoms with Gasteiger partial charge in [0.15, 0.2) is 8.38 Å². The van der Waals surface area contributed by atoms with Gasteiger partial charge in [-0.3, -0.25) is 4.31 Å². The maximum Gasteiger partial charge on any atom is 0.191 e. The highest BCUT2D eigenvalue weighted by atomic mass is 32.1. The zero-order valence-electron chi connectivity index (χ0n) is 7.65. The molecule has 4 nitrogen and oxygen atoms in total. The van der Waals surface area contributed by atoms with Crippen LogP contribution in [0.1, 0.15) is 6.42 Å². The van der Waals surface area contributed by atoms with Crippen LogP contribution >= 0.6 is 21.2 Å². The van der Waals surface area contributed by atoms with E-state index in [1.165, 1.54) is 5.82 Å². The lowest BCUT2D eigenvalue weighted by atomic mass is 10.0. The molecule has 14 heavy (non-hydrogen) atoms. The second-order valence-electron chi connectivity index (χ2n) is 3.08. The van der Waals surface area contributed by atoms with Crippen molar-refractivity contribution in [3.8, 4) is 0 Å². The van der Waals surface area contributed by atoms with Crippen molar-refractivity contribution in [1.29, 1.82) is 0 Å². The lowest BCUT2D eigenvalue weighted by molar-refractivity contribution is 0.0700. The Balaban J connectivity index is 2.45. The summed E-state index contributed by atoms with van der Waals surface area (Å²) in [6.07, 6.45) is 2.22. The van der Waals surface area contributed by atoms with E-state index in [-0.39, 0.29) is 12.1 Å². The molecular weight excluding hydrogens is 220 g/mol. The molecule has 78 valence electrons. The first-order valence-electron chi connectivity index (χ1n) is 4.28. The minimum atomic E-state index is -1.99. The van der Waals surface area contributed by atoms with Gasteiger partial charge in [-0.1, -0.05) is 18.9 Å². The molecule has 2 radical (unpaired) electrons. The first-order valence-corrected chi connectivity index (χ1v) is 5.99. The fourth-order valence-electron chi connectivity index (χ4n) is 1.23. The van der Waals surface area contributed by atoms with Gasteiger partial charge in [0.05, 0.1) is 6.10 Å². The van der Waals surface area contributed by atoms with E-state index in [2.05, 4.69) is 12.8 Å². The Kier molecular flexibility index (Phi) is 5.45. The molecule has 0 spiro atoms. The topological polar surface area (TPSA) is 52.9 Å². The van der Waals surface area contributed by atoms with E-state index in [1.807, 2.05) is 0 Å². The van der Waals surface area contributed by atoms with Gasteiger partial charge in [-0.25, -0.2) is 0 Å². The second kappa shape index (κ2) is 6.11. The smallest absolute Gasteiger partial charge is 0.191 e. The number of rotatable bonds is 2. The monoisotopic (exact) mass is 233 g/mol. The largest absolute Gasteiger partial charge is 0.379 e. The van der Waals surface area contributed by atoms with Crippen LogP contribution in [0.3, 0.4) is 0 Å². The Labute approximate surface area is 91.8 Å². The van der Waals surface area contributed by atoms with Crippen molar-refractivity contribution < 1.29 is 14.5 Å². The third-order valence-electron chi connectivity index (χ3n) is 1.85. The van der Waals surface area contributed by atoms with E-state index in [0.29, 0.717) is 6.54 Å². The summed E-state index contributed by atoms with van der Waals surface area (Å²) < 4.78 is 7.21. The third-order valence-corrected chi connectivity index (χ3v) is 2.65. The average molecular weight is 233 g/mol. The SMILES string of the molecule is [B]C1CN(S)CCC(/C=C/P(O)O)O1. The highest BCUT2D eigenvalue weighted by Gasteiger charge is 2.18. The number of nitrogens with zero attached hydrogens (tertiary/aromatic N) is 1. The van der Waals surface area contributed by atoms with Crippen LogP contribution in [0.2, 0.25) is 0 Å². The van der Waals surface area contributed by atoms with Crippen LogP contribution < -0.4 is 0 Å². The second-order valence-corrected chi connectivity index (χ2v) is 4.58.